The topological polar surface area (TPSA) is 29.1 Å². The van der Waals surface area contributed by atoms with E-state index in [1.54, 1.807) is 6.07 Å². The van der Waals surface area contributed by atoms with E-state index in [9.17, 15) is 18.0 Å². The zero-order valence-electron chi connectivity index (χ0n) is 14.8. The molecular formula is C20H24F3NO. The number of hydrogen-bond acceptors (Lipinski definition) is 1. The highest BCUT2D eigenvalue weighted by Crippen LogP contribution is 2.29. The Hall–Kier alpha value is -2.30. The number of nitrogens with one attached hydrogen (secondary N) is 1. The van der Waals surface area contributed by atoms with Gasteiger partial charge in [-0.15, -0.1) is 0 Å². The molecule has 0 atom stereocenters. The number of amides is 1. The fourth-order valence-corrected chi connectivity index (χ4v) is 2.11. The number of allylic oxidation sites excluding steroid dienone is 5. The molecule has 0 saturated carbocycles. The Bertz CT molecular complexity index is 666. The highest BCUT2D eigenvalue weighted by molar-refractivity contribution is 5.88. The molecule has 0 bridgehead atoms. The molecule has 1 aromatic rings. The summed E-state index contributed by atoms with van der Waals surface area (Å²) in [7, 11) is 0. The van der Waals surface area contributed by atoms with Crippen molar-refractivity contribution in [2.45, 2.75) is 39.8 Å². The minimum Gasteiger partial charge on any atom is -0.353 e. The molecule has 25 heavy (non-hydrogen) atoms. The first-order valence-corrected chi connectivity index (χ1v) is 8.12. The molecule has 5 heteroatoms. The molecule has 0 aliphatic carbocycles. The minimum absolute atomic E-state index is 0.205. The van der Waals surface area contributed by atoms with Crippen molar-refractivity contribution in [3.05, 3.63) is 70.8 Å². The molecule has 0 fully saturated rings. The fourth-order valence-electron chi connectivity index (χ4n) is 2.11. The van der Waals surface area contributed by atoms with Crippen LogP contribution in [0.2, 0.25) is 0 Å². The number of benzene rings is 1. The maximum Gasteiger partial charge on any atom is 0.416 e. The van der Waals surface area contributed by atoms with Gasteiger partial charge >= 0.3 is 6.18 Å². The van der Waals surface area contributed by atoms with Crippen LogP contribution in [-0.4, -0.2) is 12.5 Å². The molecule has 0 aliphatic rings. The van der Waals surface area contributed by atoms with Crippen LogP contribution in [-0.2, 0) is 17.4 Å². The molecule has 1 rings (SSSR count). The summed E-state index contributed by atoms with van der Waals surface area (Å²) in [5, 5.41) is 2.74. The van der Waals surface area contributed by atoms with Gasteiger partial charge < -0.3 is 5.32 Å². The summed E-state index contributed by atoms with van der Waals surface area (Å²) in [4.78, 5) is 11.8. The Morgan fingerprint density at radius 3 is 2.56 bits per heavy atom. The lowest BCUT2D eigenvalue weighted by atomic mass is 10.1. The normalized spacial score (nSPS) is 12.3. The van der Waals surface area contributed by atoms with Crippen LogP contribution >= 0.6 is 0 Å². The predicted octanol–water partition coefficient (Wildman–Crippen LogP) is 5.22. The van der Waals surface area contributed by atoms with Crippen molar-refractivity contribution in [2.75, 3.05) is 6.54 Å². The Morgan fingerprint density at radius 1 is 1.20 bits per heavy atom. The summed E-state index contributed by atoms with van der Waals surface area (Å²) < 4.78 is 37.9. The van der Waals surface area contributed by atoms with E-state index in [0.29, 0.717) is 24.9 Å². The zero-order valence-corrected chi connectivity index (χ0v) is 14.8. The van der Waals surface area contributed by atoms with E-state index in [-0.39, 0.29) is 5.91 Å². The lowest BCUT2D eigenvalue weighted by molar-refractivity contribution is -0.137. The van der Waals surface area contributed by atoms with Crippen molar-refractivity contribution >= 4 is 5.91 Å². The summed E-state index contributed by atoms with van der Waals surface area (Å²) in [6.45, 7) is 6.22. The first-order valence-electron chi connectivity index (χ1n) is 8.12. The average molecular weight is 351 g/mol. The van der Waals surface area contributed by atoms with E-state index in [2.05, 4.69) is 5.32 Å². The Balaban J connectivity index is 2.42. The second-order valence-electron chi connectivity index (χ2n) is 6.08. The first kappa shape index (κ1) is 20.7. The monoisotopic (exact) mass is 351 g/mol. The van der Waals surface area contributed by atoms with Crippen molar-refractivity contribution in [1.82, 2.24) is 5.32 Å². The van der Waals surface area contributed by atoms with E-state index in [4.69, 9.17) is 0 Å². The van der Waals surface area contributed by atoms with E-state index in [1.165, 1.54) is 17.7 Å². The quantitative estimate of drug-likeness (QED) is 0.407. The lowest BCUT2D eigenvalue weighted by Gasteiger charge is -2.09. The van der Waals surface area contributed by atoms with Gasteiger partial charge in [0.25, 0.3) is 0 Å². The van der Waals surface area contributed by atoms with Crippen LogP contribution in [0.5, 0.6) is 0 Å². The molecule has 1 aromatic carbocycles. The Labute approximate surface area is 147 Å². The number of alkyl halides is 3. The third-order valence-corrected chi connectivity index (χ3v) is 3.34. The maximum absolute atomic E-state index is 12.6. The number of aryl methyl sites for hydroxylation is 1. The second kappa shape index (κ2) is 9.87. The molecule has 1 amide bonds. The minimum atomic E-state index is -4.33. The van der Waals surface area contributed by atoms with E-state index >= 15 is 0 Å². The third-order valence-electron chi connectivity index (χ3n) is 3.34. The molecular weight excluding hydrogens is 327 g/mol. The number of hydrogen-bond donors (Lipinski definition) is 1. The molecule has 1 N–H and O–H groups in total. The van der Waals surface area contributed by atoms with Crippen LogP contribution in [0, 0.1) is 0 Å². The number of carbonyl (C=O) groups excluding carboxylic acids is 1. The van der Waals surface area contributed by atoms with Gasteiger partial charge in [-0.1, -0.05) is 42.0 Å². The van der Waals surface area contributed by atoms with E-state index in [0.717, 1.165) is 17.7 Å². The molecule has 0 unspecified atom stereocenters. The van der Waals surface area contributed by atoms with Crippen molar-refractivity contribution in [3.8, 4) is 0 Å². The van der Waals surface area contributed by atoms with E-state index in [1.807, 2.05) is 39.0 Å². The van der Waals surface area contributed by atoms with Crippen molar-refractivity contribution < 1.29 is 18.0 Å². The van der Waals surface area contributed by atoms with Crippen molar-refractivity contribution in [3.63, 3.8) is 0 Å². The van der Waals surface area contributed by atoms with Crippen molar-refractivity contribution in [2.24, 2.45) is 0 Å². The second-order valence-corrected chi connectivity index (χ2v) is 6.08. The maximum atomic E-state index is 12.6. The highest BCUT2D eigenvalue weighted by Gasteiger charge is 2.30. The smallest absolute Gasteiger partial charge is 0.353 e. The number of carbonyl (C=O) groups is 1. The van der Waals surface area contributed by atoms with Gasteiger partial charge in [-0.3, -0.25) is 4.79 Å². The Kier molecular flexibility index (Phi) is 8.19. The van der Waals surface area contributed by atoms with Gasteiger partial charge in [0.2, 0.25) is 5.91 Å². The van der Waals surface area contributed by atoms with Gasteiger partial charge in [-0.05, 0) is 50.8 Å². The molecule has 136 valence electrons. The Morgan fingerprint density at radius 2 is 1.92 bits per heavy atom. The summed E-state index contributed by atoms with van der Waals surface area (Å²) >= 11 is 0. The van der Waals surface area contributed by atoms with Crippen LogP contribution in [0.4, 0.5) is 13.2 Å². The first-order chi connectivity index (χ1) is 11.7. The number of rotatable bonds is 7. The molecule has 0 aromatic heterocycles. The summed E-state index contributed by atoms with van der Waals surface area (Å²) in [6.07, 6.45) is 3.90. The molecule has 0 spiro atoms. The van der Waals surface area contributed by atoms with Gasteiger partial charge in [-0.25, -0.2) is 0 Å². The van der Waals surface area contributed by atoms with Gasteiger partial charge in [0, 0.05) is 12.6 Å². The summed E-state index contributed by atoms with van der Waals surface area (Å²) in [6, 6.07) is 5.28. The summed E-state index contributed by atoms with van der Waals surface area (Å²) in [5.41, 5.74) is 1.96. The van der Waals surface area contributed by atoms with Gasteiger partial charge in [0.05, 0.1) is 5.56 Å². The van der Waals surface area contributed by atoms with Crippen LogP contribution in [0.1, 0.15) is 38.3 Å². The van der Waals surface area contributed by atoms with Gasteiger partial charge in [0.15, 0.2) is 0 Å². The van der Waals surface area contributed by atoms with Gasteiger partial charge in [0.1, 0.15) is 0 Å². The van der Waals surface area contributed by atoms with Crippen LogP contribution in [0.3, 0.4) is 0 Å². The predicted molar refractivity (Wildman–Crippen MR) is 95.1 cm³/mol. The molecule has 0 aliphatic heterocycles. The summed E-state index contributed by atoms with van der Waals surface area (Å²) in [5.74, 6) is -0.205. The van der Waals surface area contributed by atoms with Crippen LogP contribution < -0.4 is 5.32 Å². The average Bonchev–Trinajstić information content (AvgIpc) is 2.50. The molecule has 0 heterocycles. The van der Waals surface area contributed by atoms with Crippen molar-refractivity contribution in [1.29, 1.82) is 0 Å². The molecule has 0 radical (unpaired) electrons. The van der Waals surface area contributed by atoms with Crippen LogP contribution in [0.25, 0.3) is 0 Å². The SMILES string of the molecule is CC(C)=C/C=C/C(C)=C\C(=O)NCCCc1cccc(C(F)(F)F)c1. The molecule has 0 saturated heterocycles. The number of halogens is 3. The van der Waals surface area contributed by atoms with Gasteiger partial charge in [-0.2, -0.15) is 13.2 Å². The highest BCUT2D eigenvalue weighted by atomic mass is 19.4. The zero-order chi connectivity index (χ0) is 18.9. The fraction of sp³-hybridized carbons (Fsp3) is 0.350. The van der Waals surface area contributed by atoms with E-state index < -0.39 is 11.7 Å². The largest absolute Gasteiger partial charge is 0.416 e. The lowest BCUT2D eigenvalue weighted by Crippen LogP contribution is -2.22. The third kappa shape index (κ3) is 8.94. The van der Waals surface area contributed by atoms with Crippen LogP contribution in [0.15, 0.2) is 59.7 Å². The standard InChI is InChI=1S/C20H24F3NO/c1-15(2)7-4-8-16(3)13-19(25)24-12-6-10-17-9-5-11-18(14-17)20(21,22)23/h4-5,7-9,11,13-14H,6,10,12H2,1-3H3,(H,24,25)/b8-4+,16-13-. The molecule has 2 nitrogen and oxygen atoms in total.